The third-order valence-corrected chi connectivity index (χ3v) is 1.74. The van der Waals surface area contributed by atoms with Crippen LogP contribution < -0.4 is 0 Å². The summed E-state index contributed by atoms with van der Waals surface area (Å²) >= 11 is 0. The summed E-state index contributed by atoms with van der Waals surface area (Å²) in [5, 5.41) is 0. The number of rotatable bonds is 0. The Labute approximate surface area is 57.5 Å². The summed E-state index contributed by atoms with van der Waals surface area (Å²) in [6.45, 7) is 7.25. The first kappa shape index (κ1) is 8.41. The van der Waals surface area contributed by atoms with Crippen LogP contribution in [-0.2, 0) is 0 Å². The fourth-order valence-electron chi connectivity index (χ4n) is 0.783. The molecule has 0 aliphatic carbocycles. The van der Waals surface area contributed by atoms with Gasteiger partial charge in [-0.2, -0.15) is 0 Å². The molecule has 9 heavy (non-hydrogen) atoms. The Kier molecular flexibility index (Phi) is 2.63. The highest BCUT2D eigenvalue weighted by molar-refractivity contribution is 6.00. The number of aliphatic imine (C=N–C) groups is 1. The molecule has 1 rings (SSSR count). The fraction of sp³-hybridized carbons (Fsp3) is 0.625. The minimum atomic E-state index is 0. The number of allylic oxidation sites excluding steroid dienone is 1. The molecule has 0 aromatic rings. The van der Waals surface area contributed by atoms with Gasteiger partial charge >= 0.3 is 0 Å². The van der Waals surface area contributed by atoms with Crippen molar-refractivity contribution in [2.75, 3.05) is 6.54 Å². The SMILES string of the molecule is C.CC1=NCC(C)=C1C. The van der Waals surface area contributed by atoms with Gasteiger partial charge in [0.1, 0.15) is 0 Å². The summed E-state index contributed by atoms with van der Waals surface area (Å²) in [4.78, 5) is 4.24. The van der Waals surface area contributed by atoms with Gasteiger partial charge in [0.25, 0.3) is 0 Å². The topological polar surface area (TPSA) is 12.4 Å². The molecule has 52 valence electrons. The van der Waals surface area contributed by atoms with Crippen LogP contribution in [0.1, 0.15) is 28.2 Å². The van der Waals surface area contributed by atoms with E-state index in [1.165, 1.54) is 16.9 Å². The van der Waals surface area contributed by atoms with E-state index < -0.39 is 0 Å². The Morgan fingerprint density at radius 3 is 1.89 bits per heavy atom. The van der Waals surface area contributed by atoms with Gasteiger partial charge in [-0.25, -0.2) is 0 Å². The molecular formula is C8H15N. The second-order valence-electron chi connectivity index (χ2n) is 2.31. The Bertz CT molecular complexity index is 158. The predicted octanol–water partition coefficient (Wildman–Crippen LogP) is 2.43. The van der Waals surface area contributed by atoms with Crippen molar-refractivity contribution in [1.29, 1.82) is 0 Å². The van der Waals surface area contributed by atoms with Crippen molar-refractivity contribution in [2.24, 2.45) is 4.99 Å². The van der Waals surface area contributed by atoms with Crippen LogP contribution in [0.3, 0.4) is 0 Å². The van der Waals surface area contributed by atoms with Crippen LogP contribution in [-0.4, -0.2) is 12.3 Å². The van der Waals surface area contributed by atoms with E-state index in [0.717, 1.165) is 6.54 Å². The number of nitrogens with zero attached hydrogens (tertiary/aromatic N) is 1. The van der Waals surface area contributed by atoms with Crippen LogP contribution >= 0.6 is 0 Å². The van der Waals surface area contributed by atoms with E-state index >= 15 is 0 Å². The first-order valence-corrected chi connectivity index (χ1v) is 2.89. The Morgan fingerprint density at radius 2 is 1.78 bits per heavy atom. The highest BCUT2D eigenvalue weighted by Gasteiger charge is 2.05. The molecule has 0 atom stereocenters. The summed E-state index contributed by atoms with van der Waals surface area (Å²) in [6, 6.07) is 0. The van der Waals surface area contributed by atoms with Crippen molar-refractivity contribution in [1.82, 2.24) is 0 Å². The lowest BCUT2D eigenvalue weighted by Crippen LogP contribution is -1.86. The lowest BCUT2D eigenvalue weighted by molar-refractivity contribution is 1.16. The van der Waals surface area contributed by atoms with Gasteiger partial charge in [-0.1, -0.05) is 7.43 Å². The molecule has 0 saturated carbocycles. The van der Waals surface area contributed by atoms with Crippen molar-refractivity contribution in [2.45, 2.75) is 28.2 Å². The molecule has 1 aliphatic rings. The van der Waals surface area contributed by atoms with E-state index in [0.29, 0.717) is 0 Å². The third kappa shape index (κ3) is 1.41. The van der Waals surface area contributed by atoms with E-state index in [9.17, 15) is 0 Å². The lowest BCUT2D eigenvalue weighted by Gasteiger charge is -1.90. The summed E-state index contributed by atoms with van der Waals surface area (Å²) in [5.41, 5.74) is 4.01. The van der Waals surface area contributed by atoms with Crippen molar-refractivity contribution in [3.63, 3.8) is 0 Å². The minimum Gasteiger partial charge on any atom is -0.285 e. The maximum Gasteiger partial charge on any atom is 0.0606 e. The smallest absolute Gasteiger partial charge is 0.0606 e. The summed E-state index contributed by atoms with van der Waals surface area (Å²) in [6.07, 6.45) is 0. The molecule has 0 amide bonds. The second-order valence-corrected chi connectivity index (χ2v) is 2.31. The first-order valence-electron chi connectivity index (χ1n) is 2.89. The highest BCUT2D eigenvalue weighted by atomic mass is 14.8. The standard InChI is InChI=1S/C7H11N.CH4/c1-5-4-8-7(3)6(5)2;/h4H2,1-3H3;1H4. The average molecular weight is 125 g/mol. The molecule has 0 spiro atoms. The van der Waals surface area contributed by atoms with Gasteiger partial charge in [-0.05, 0) is 31.9 Å². The van der Waals surface area contributed by atoms with Crippen LogP contribution in [0.25, 0.3) is 0 Å². The van der Waals surface area contributed by atoms with Crippen molar-refractivity contribution < 1.29 is 0 Å². The van der Waals surface area contributed by atoms with E-state index in [-0.39, 0.29) is 7.43 Å². The van der Waals surface area contributed by atoms with Gasteiger partial charge in [0.15, 0.2) is 0 Å². The van der Waals surface area contributed by atoms with Crippen molar-refractivity contribution in [3.8, 4) is 0 Å². The largest absolute Gasteiger partial charge is 0.285 e. The molecular weight excluding hydrogens is 110 g/mol. The van der Waals surface area contributed by atoms with Crippen LogP contribution in [0.4, 0.5) is 0 Å². The van der Waals surface area contributed by atoms with Gasteiger partial charge in [-0.3, -0.25) is 4.99 Å². The lowest BCUT2D eigenvalue weighted by atomic mass is 10.1. The second kappa shape index (κ2) is 2.81. The molecule has 0 radical (unpaired) electrons. The Balaban J connectivity index is 0.000000640. The minimum absolute atomic E-state index is 0. The summed E-state index contributed by atoms with van der Waals surface area (Å²) in [7, 11) is 0. The van der Waals surface area contributed by atoms with Crippen molar-refractivity contribution in [3.05, 3.63) is 11.1 Å². The highest BCUT2D eigenvalue weighted by Crippen LogP contribution is 2.12. The van der Waals surface area contributed by atoms with Gasteiger partial charge in [0.2, 0.25) is 0 Å². The van der Waals surface area contributed by atoms with Crippen LogP contribution in [0.5, 0.6) is 0 Å². The first-order chi connectivity index (χ1) is 3.72. The quantitative estimate of drug-likeness (QED) is 0.471. The number of hydrogen-bond acceptors (Lipinski definition) is 1. The van der Waals surface area contributed by atoms with E-state index in [4.69, 9.17) is 0 Å². The molecule has 0 saturated heterocycles. The molecule has 1 heteroatoms. The zero-order valence-electron chi connectivity index (χ0n) is 5.65. The summed E-state index contributed by atoms with van der Waals surface area (Å²) < 4.78 is 0. The Morgan fingerprint density at radius 1 is 1.22 bits per heavy atom. The molecule has 1 aliphatic heterocycles. The average Bonchev–Trinajstić information content (AvgIpc) is 1.98. The molecule has 0 aromatic heterocycles. The van der Waals surface area contributed by atoms with Crippen LogP contribution in [0, 0.1) is 0 Å². The Hall–Kier alpha value is -0.590. The molecule has 0 bridgehead atoms. The van der Waals surface area contributed by atoms with E-state index in [2.05, 4.69) is 25.8 Å². The maximum absolute atomic E-state index is 4.24. The monoisotopic (exact) mass is 125 g/mol. The molecule has 0 unspecified atom stereocenters. The van der Waals surface area contributed by atoms with Crippen molar-refractivity contribution >= 4 is 5.71 Å². The normalized spacial score (nSPS) is 17.4. The molecule has 1 heterocycles. The van der Waals surface area contributed by atoms with Gasteiger partial charge in [0.05, 0.1) is 6.54 Å². The summed E-state index contributed by atoms with van der Waals surface area (Å²) in [5.74, 6) is 0. The molecule has 1 nitrogen and oxygen atoms in total. The van der Waals surface area contributed by atoms with Crippen LogP contribution in [0.2, 0.25) is 0 Å². The van der Waals surface area contributed by atoms with Crippen LogP contribution in [0.15, 0.2) is 16.1 Å². The van der Waals surface area contributed by atoms with Gasteiger partial charge < -0.3 is 0 Å². The van der Waals surface area contributed by atoms with E-state index in [1.807, 2.05) is 0 Å². The molecule has 0 fully saturated rings. The predicted molar refractivity (Wildman–Crippen MR) is 43.1 cm³/mol. The molecule has 0 aromatic carbocycles. The zero-order chi connectivity index (χ0) is 6.15. The number of hydrogen-bond donors (Lipinski definition) is 0. The van der Waals surface area contributed by atoms with Gasteiger partial charge in [-0.15, -0.1) is 0 Å². The maximum atomic E-state index is 4.24. The van der Waals surface area contributed by atoms with Gasteiger partial charge in [0, 0.05) is 5.71 Å². The fourth-order valence-corrected chi connectivity index (χ4v) is 0.783. The molecule has 0 N–H and O–H groups in total. The zero-order valence-corrected chi connectivity index (χ0v) is 5.65. The third-order valence-electron chi connectivity index (χ3n) is 1.74. The van der Waals surface area contributed by atoms with E-state index in [1.54, 1.807) is 0 Å².